The maximum Gasteiger partial charge on any atom is 0.311 e. The van der Waals surface area contributed by atoms with Gasteiger partial charge in [0, 0.05) is 0 Å². The van der Waals surface area contributed by atoms with Gasteiger partial charge in [0.1, 0.15) is 0 Å². The van der Waals surface area contributed by atoms with Gasteiger partial charge in [-0.3, -0.25) is 9.59 Å². The number of ether oxygens (including phenoxy) is 1. The molecule has 4 heteroatoms. The van der Waals surface area contributed by atoms with Crippen molar-refractivity contribution in [1.82, 2.24) is 0 Å². The van der Waals surface area contributed by atoms with Crippen molar-refractivity contribution in [3.05, 3.63) is 0 Å². The fourth-order valence-corrected chi connectivity index (χ4v) is 2.42. The van der Waals surface area contributed by atoms with Crippen LogP contribution in [-0.4, -0.2) is 24.2 Å². The molecule has 2 unspecified atom stereocenters. The van der Waals surface area contributed by atoms with E-state index in [1.807, 2.05) is 6.92 Å². The van der Waals surface area contributed by atoms with Crippen LogP contribution in [-0.2, 0) is 14.3 Å². The van der Waals surface area contributed by atoms with E-state index in [4.69, 9.17) is 9.84 Å². The fraction of sp³-hybridized carbons (Fsp3) is 0.867. The average Bonchev–Trinajstić information content (AvgIpc) is 2.37. The van der Waals surface area contributed by atoms with E-state index in [9.17, 15) is 9.59 Å². The van der Waals surface area contributed by atoms with Gasteiger partial charge in [-0.25, -0.2) is 0 Å². The SMILES string of the molecule is CCCCCCCC(C)(CC(C)C(=O)O)C(=O)OC. The minimum atomic E-state index is -0.860. The average molecular weight is 272 g/mol. The Labute approximate surface area is 116 Å². The lowest BCUT2D eigenvalue weighted by Crippen LogP contribution is -2.33. The molecule has 4 nitrogen and oxygen atoms in total. The van der Waals surface area contributed by atoms with E-state index in [1.165, 1.54) is 26.4 Å². The number of hydrogen-bond acceptors (Lipinski definition) is 3. The van der Waals surface area contributed by atoms with Crippen molar-refractivity contribution >= 4 is 11.9 Å². The first-order chi connectivity index (χ1) is 8.87. The van der Waals surface area contributed by atoms with Gasteiger partial charge in [0.15, 0.2) is 0 Å². The number of esters is 1. The zero-order valence-corrected chi connectivity index (χ0v) is 12.7. The summed E-state index contributed by atoms with van der Waals surface area (Å²) in [6.45, 7) is 5.62. The number of aliphatic carboxylic acids is 1. The number of hydrogen-bond donors (Lipinski definition) is 1. The highest BCUT2D eigenvalue weighted by atomic mass is 16.5. The molecule has 1 N–H and O–H groups in total. The molecule has 0 aliphatic carbocycles. The van der Waals surface area contributed by atoms with Crippen LogP contribution in [0.3, 0.4) is 0 Å². The topological polar surface area (TPSA) is 63.6 Å². The zero-order chi connectivity index (χ0) is 14.9. The quantitative estimate of drug-likeness (QED) is 0.487. The largest absolute Gasteiger partial charge is 0.481 e. The third-order valence-electron chi connectivity index (χ3n) is 3.69. The highest BCUT2D eigenvalue weighted by Gasteiger charge is 2.36. The summed E-state index contributed by atoms with van der Waals surface area (Å²) in [5.41, 5.74) is -0.682. The van der Waals surface area contributed by atoms with Gasteiger partial charge in [0.2, 0.25) is 0 Å². The fourth-order valence-electron chi connectivity index (χ4n) is 2.42. The molecule has 0 bridgehead atoms. The number of methoxy groups -OCH3 is 1. The third-order valence-corrected chi connectivity index (χ3v) is 3.69. The van der Waals surface area contributed by atoms with Crippen LogP contribution in [0.1, 0.15) is 65.7 Å². The second-order valence-electron chi connectivity index (χ2n) is 5.66. The summed E-state index contributed by atoms with van der Waals surface area (Å²) in [5.74, 6) is -1.68. The first kappa shape index (κ1) is 17.9. The van der Waals surface area contributed by atoms with Crippen molar-refractivity contribution in [2.75, 3.05) is 7.11 Å². The Morgan fingerprint density at radius 1 is 1.21 bits per heavy atom. The predicted octanol–water partition coefficient (Wildman–Crippen LogP) is 3.64. The van der Waals surface area contributed by atoms with Crippen LogP contribution < -0.4 is 0 Å². The van der Waals surface area contributed by atoms with Gasteiger partial charge < -0.3 is 9.84 Å². The summed E-state index contributed by atoms with van der Waals surface area (Å²) >= 11 is 0. The Morgan fingerprint density at radius 3 is 2.26 bits per heavy atom. The molecule has 0 saturated heterocycles. The maximum absolute atomic E-state index is 11.9. The molecule has 0 radical (unpaired) electrons. The van der Waals surface area contributed by atoms with E-state index in [0.717, 1.165) is 12.8 Å². The first-order valence-corrected chi connectivity index (χ1v) is 7.18. The summed E-state index contributed by atoms with van der Waals surface area (Å²) in [7, 11) is 1.36. The molecular formula is C15H28O4. The van der Waals surface area contributed by atoms with Gasteiger partial charge in [-0.05, 0) is 19.8 Å². The number of unbranched alkanes of at least 4 members (excludes halogenated alkanes) is 4. The third kappa shape index (κ3) is 6.60. The highest BCUT2D eigenvalue weighted by molar-refractivity contribution is 5.78. The predicted molar refractivity (Wildman–Crippen MR) is 74.9 cm³/mol. The lowest BCUT2D eigenvalue weighted by molar-refractivity contribution is -0.155. The van der Waals surface area contributed by atoms with Gasteiger partial charge >= 0.3 is 11.9 Å². The van der Waals surface area contributed by atoms with Crippen molar-refractivity contribution in [2.24, 2.45) is 11.3 Å². The van der Waals surface area contributed by atoms with Gasteiger partial charge in [-0.1, -0.05) is 46.0 Å². The van der Waals surface area contributed by atoms with E-state index in [0.29, 0.717) is 12.8 Å². The first-order valence-electron chi connectivity index (χ1n) is 7.18. The van der Waals surface area contributed by atoms with E-state index < -0.39 is 17.3 Å². The summed E-state index contributed by atoms with van der Waals surface area (Å²) in [5, 5.41) is 8.99. The van der Waals surface area contributed by atoms with Crippen LogP contribution in [0.15, 0.2) is 0 Å². The van der Waals surface area contributed by atoms with Crippen LogP contribution in [0, 0.1) is 11.3 Å². The molecule has 0 aromatic carbocycles. The normalized spacial score (nSPS) is 15.6. The van der Waals surface area contributed by atoms with Crippen molar-refractivity contribution in [1.29, 1.82) is 0 Å². The highest BCUT2D eigenvalue weighted by Crippen LogP contribution is 2.33. The van der Waals surface area contributed by atoms with E-state index in [-0.39, 0.29) is 5.97 Å². The molecule has 0 aliphatic rings. The summed E-state index contributed by atoms with van der Waals surface area (Å²) in [6.07, 6.45) is 6.62. The molecule has 0 saturated carbocycles. The number of carbonyl (C=O) groups is 2. The van der Waals surface area contributed by atoms with Gasteiger partial charge in [0.05, 0.1) is 18.4 Å². The number of carboxylic acid groups (broad SMARTS) is 1. The Morgan fingerprint density at radius 2 is 1.79 bits per heavy atom. The second kappa shape index (κ2) is 8.94. The number of carboxylic acids is 1. The van der Waals surface area contributed by atoms with Crippen molar-refractivity contribution in [3.8, 4) is 0 Å². The van der Waals surface area contributed by atoms with E-state index in [1.54, 1.807) is 6.92 Å². The minimum Gasteiger partial charge on any atom is -0.481 e. The zero-order valence-electron chi connectivity index (χ0n) is 12.7. The molecule has 0 aliphatic heterocycles. The van der Waals surface area contributed by atoms with E-state index >= 15 is 0 Å². The van der Waals surface area contributed by atoms with Crippen LogP contribution in [0.25, 0.3) is 0 Å². The summed E-state index contributed by atoms with van der Waals surface area (Å²) in [6, 6.07) is 0. The summed E-state index contributed by atoms with van der Waals surface area (Å²) < 4.78 is 4.84. The molecular weight excluding hydrogens is 244 g/mol. The summed E-state index contributed by atoms with van der Waals surface area (Å²) in [4.78, 5) is 22.8. The van der Waals surface area contributed by atoms with E-state index in [2.05, 4.69) is 6.92 Å². The monoisotopic (exact) mass is 272 g/mol. The van der Waals surface area contributed by atoms with Gasteiger partial charge in [-0.15, -0.1) is 0 Å². The Balaban J connectivity index is 4.43. The molecule has 19 heavy (non-hydrogen) atoms. The van der Waals surface area contributed by atoms with Crippen molar-refractivity contribution < 1.29 is 19.4 Å². The molecule has 0 rings (SSSR count). The molecule has 0 fully saturated rings. The van der Waals surface area contributed by atoms with Crippen molar-refractivity contribution in [3.63, 3.8) is 0 Å². The van der Waals surface area contributed by atoms with Crippen LogP contribution in [0.5, 0.6) is 0 Å². The Kier molecular flexibility index (Phi) is 8.44. The Bertz CT molecular complexity index is 288. The smallest absolute Gasteiger partial charge is 0.311 e. The number of rotatable bonds is 10. The molecule has 2 atom stereocenters. The number of carbonyl (C=O) groups excluding carboxylic acids is 1. The molecule has 0 aromatic heterocycles. The van der Waals surface area contributed by atoms with Crippen LogP contribution in [0.2, 0.25) is 0 Å². The lowest BCUT2D eigenvalue weighted by atomic mass is 9.77. The van der Waals surface area contributed by atoms with Gasteiger partial charge in [0.25, 0.3) is 0 Å². The molecule has 0 spiro atoms. The molecule has 0 amide bonds. The standard InChI is InChI=1S/C15H28O4/c1-5-6-7-8-9-10-15(3,14(18)19-4)11-12(2)13(16)17/h12H,5-11H2,1-4H3,(H,16,17). The minimum absolute atomic E-state index is 0.295. The molecule has 0 aromatic rings. The second-order valence-corrected chi connectivity index (χ2v) is 5.66. The maximum atomic E-state index is 11.9. The van der Waals surface area contributed by atoms with Gasteiger partial charge in [-0.2, -0.15) is 0 Å². The van der Waals surface area contributed by atoms with Crippen molar-refractivity contribution in [2.45, 2.75) is 65.7 Å². The molecule has 0 heterocycles. The van der Waals surface area contributed by atoms with Crippen LogP contribution in [0.4, 0.5) is 0 Å². The molecule has 112 valence electrons. The lowest BCUT2D eigenvalue weighted by Gasteiger charge is -2.28. The Hall–Kier alpha value is -1.06. The van der Waals surface area contributed by atoms with Crippen LogP contribution >= 0.6 is 0 Å².